The van der Waals surface area contributed by atoms with E-state index >= 15 is 0 Å². The van der Waals surface area contributed by atoms with Crippen LogP contribution in [0.25, 0.3) is 0 Å². The normalized spacial score (nSPS) is 12.8. The maximum absolute atomic E-state index is 4.70. The van der Waals surface area contributed by atoms with Crippen LogP contribution in [0.2, 0.25) is 0 Å². The van der Waals surface area contributed by atoms with Gasteiger partial charge in [-0.25, -0.2) is 4.98 Å². The zero-order valence-corrected chi connectivity index (χ0v) is 11.9. The second kappa shape index (κ2) is 6.28. The maximum atomic E-state index is 4.70. The third-order valence-electron chi connectivity index (χ3n) is 2.62. The van der Waals surface area contributed by atoms with Gasteiger partial charge in [-0.2, -0.15) is 0 Å². The second-order valence-corrected chi connectivity index (χ2v) is 6.07. The Kier molecular flexibility index (Phi) is 4.71. The molecule has 0 saturated heterocycles. The lowest BCUT2D eigenvalue weighted by Gasteiger charge is -2.09. The van der Waals surface area contributed by atoms with E-state index in [1.54, 1.807) is 22.7 Å². The van der Waals surface area contributed by atoms with E-state index in [1.807, 2.05) is 0 Å². The van der Waals surface area contributed by atoms with Gasteiger partial charge < -0.3 is 5.32 Å². The standard InChI is InChI=1S/C13H18N2S2/c1-3-6-14-10(2)12-9-17-13(15-12)8-11-5-4-7-16-11/h4-5,7,9-10,14H,3,6,8H2,1-2H3. The number of aromatic nitrogens is 1. The molecule has 2 rings (SSSR count). The van der Waals surface area contributed by atoms with Crippen molar-refractivity contribution < 1.29 is 0 Å². The van der Waals surface area contributed by atoms with E-state index in [0.29, 0.717) is 6.04 Å². The summed E-state index contributed by atoms with van der Waals surface area (Å²) in [6, 6.07) is 4.63. The zero-order valence-electron chi connectivity index (χ0n) is 10.3. The molecule has 92 valence electrons. The minimum absolute atomic E-state index is 0.364. The van der Waals surface area contributed by atoms with Crippen LogP contribution in [0.5, 0.6) is 0 Å². The van der Waals surface area contributed by atoms with Crippen LogP contribution < -0.4 is 5.32 Å². The fourth-order valence-corrected chi connectivity index (χ4v) is 3.34. The molecule has 0 spiro atoms. The van der Waals surface area contributed by atoms with Crippen molar-refractivity contribution in [2.75, 3.05) is 6.54 Å². The molecule has 0 saturated carbocycles. The van der Waals surface area contributed by atoms with Gasteiger partial charge in [0, 0.05) is 22.7 Å². The third-order valence-corrected chi connectivity index (χ3v) is 4.36. The van der Waals surface area contributed by atoms with Crippen LogP contribution >= 0.6 is 22.7 Å². The van der Waals surface area contributed by atoms with Crippen LogP contribution in [-0.2, 0) is 6.42 Å². The number of thiophene rings is 1. The van der Waals surface area contributed by atoms with Crippen LogP contribution in [0.4, 0.5) is 0 Å². The van der Waals surface area contributed by atoms with Crippen LogP contribution in [0.1, 0.15) is 41.9 Å². The number of thiazole rings is 1. The monoisotopic (exact) mass is 266 g/mol. The van der Waals surface area contributed by atoms with Crippen molar-refractivity contribution in [1.29, 1.82) is 0 Å². The van der Waals surface area contributed by atoms with E-state index in [4.69, 9.17) is 4.98 Å². The minimum Gasteiger partial charge on any atom is -0.309 e. The first-order chi connectivity index (χ1) is 8.29. The molecule has 0 aliphatic carbocycles. The van der Waals surface area contributed by atoms with Gasteiger partial charge >= 0.3 is 0 Å². The molecule has 0 bridgehead atoms. The molecule has 0 aliphatic rings. The lowest BCUT2D eigenvalue weighted by atomic mass is 10.2. The van der Waals surface area contributed by atoms with Crippen molar-refractivity contribution in [1.82, 2.24) is 10.3 Å². The molecular formula is C13H18N2S2. The SMILES string of the molecule is CCCNC(C)c1csc(Cc2cccs2)n1. The number of hydrogen-bond acceptors (Lipinski definition) is 4. The van der Waals surface area contributed by atoms with Crippen LogP contribution in [0.3, 0.4) is 0 Å². The summed E-state index contributed by atoms with van der Waals surface area (Å²) in [4.78, 5) is 6.09. The van der Waals surface area contributed by atoms with Crippen molar-refractivity contribution in [2.24, 2.45) is 0 Å². The molecule has 4 heteroatoms. The van der Waals surface area contributed by atoms with Gasteiger partial charge in [-0.3, -0.25) is 0 Å². The van der Waals surface area contributed by atoms with Crippen LogP contribution in [-0.4, -0.2) is 11.5 Å². The van der Waals surface area contributed by atoms with E-state index in [0.717, 1.165) is 19.4 Å². The summed E-state index contributed by atoms with van der Waals surface area (Å²) in [7, 11) is 0. The highest BCUT2D eigenvalue weighted by molar-refractivity contribution is 7.11. The first-order valence-corrected chi connectivity index (χ1v) is 7.75. The molecule has 1 N–H and O–H groups in total. The Hall–Kier alpha value is -0.710. The van der Waals surface area contributed by atoms with Gasteiger partial charge in [-0.1, -0.05) is 13.0 Å². The molecule has 0 aromatic carbocycles. The summed E-state index contributed by atoms with van der Waals surface area (Å²) >= 11 is 3.57. The Labute approximate surface area is 111 Å². The molecule has 1 atom stereocenters. The Morgan fingerprint density at radius 1 is 1.41 bits per heavy atom. The highest BCUT2D eigenvalue weighted by Crippen LogP contribution is 2.21. The molecule has 2 aromatic rings. The first kappa shape index (κ1) is 12.7. The van der Waals surface area contributed by atoms with Crippen molar-refractivity contribution in [3.8, 4) is 0 Å². The number of hydrogen-bond donors (Lipinski definition) is 1. The summed E-state index contributed by atoms with van der Waals surface area (Å²) in [5.41, 5.74) is 1.18. The topological polar surface area (TPSA) is 24.9 Å². The number of rotatable bonds is 6. The van der Waals surface area contributed by atoms with E-state index in [2.05, 4.69) is 42.1 Å². The van der Waals surface area contributed by atoms with Crippen molar-refractivity contribution in [3.05, 3.63) is 38.5 Å². The summed E-state index contributed by atoms with van der Waals surface area (Å²) in [5, 5.41) is 8.98. The summed E-state index contributed by atoms with van der Waals surface area (Å²) in [5.74, 6) is 0. The molecule has 0 fully saturated rings. The molecule has 0 aliphatic heterocycles. The largest absolute Gasteiger partial charge is 0.309 e. The van der Waals surface area contributed by atoms with Crippen molar-refractivity contribution >= 4 is 22.7 Å². The molecular weight excluding hydrogens is 248 g/mol. The predicted molar refractivity (Wildman–Crippen MR) is 75.9 cm³/mol. The van der Waals surface area contributed by atoms with Gasteiger partial charge in [0.05, 0.1) is 10.7 Å². The van der Waals surface area contributed by atoms with Crippen LogP contribution in [0.15, 0.2) is 22.9 Å². The molecule has 17 heavy (non-hydrogen) atoms. The van der Waals surface area contributed by atoms with E-state index in [-0.39, 0.29) is 0 Å². The second-order valence-electron chi connectivity index (χ2n) is 4.10. The van der Waals surface area contributed by atoms with Crippen LogP contribution in [0, 0.1) is 0 Å². The minimum atomic E-state index is 0.364. The number of nitrogens with zero attached hydrogens (tertiary/aromatic N) is 1. The fourth-order valence-electron chi connectivity index (χ4n) is 1.63. The van der Waals surface area contributed by atoms with Gasteiger partial charge in [0.2, 0.25) is 0 Å². The summed E-state index contributed by atoms with van der Waals surface area (Å²) in [6.45, 7) is 5.42. The van der Waals surface area contributed by atoms with E-state index < -0.39 is 0 Å². The highest BCUT2D eigenvalue weighted by atomic mass is 32.1. The predicted octanol–water partition coefficient (Wildman–Crippen LogP) is 3.86. The highest BCUT2D eigenvalue weighted by Gasteiger charge is 2.09. The Morgan fingerprint density at radius 3 is 3.00 bits per heavy atom. The smallest absolute Gasteiger partial charge is 0.0981 e. The molecule has 2 aromatic heterocycles. The van der Waals surface area contributed by atoms with Crippen molar-refractivity contribution in [2.45, 2.75) is 32.7 Å². The Morgan fingerprint density at radius 2 is 2.29 bits per heavy atom. The van der Waals surface area contributed by atoms with Gasteiger partial charge in [0.15, 0.2) is 0 Å². The van der Waals surface area contributed by atoms with Gasteiger partial charge in [0.1, 0.15) is 0 Å². The maximum Gasteiger partial charge on any atom is 0.0981 e. The van der Waals surface area contributed by atoms with Gasteiger partial charge in [-0.15, -0.1) is 22.7 Å². The Balaban J connectivity index is 1.95. The molecule has 2 nitrogen and oxygen atoms in total. The number of nitrogens with one attached hydrogen (secondary N) is 1. The lowest BCUT2D eigenvalue weighted by Crippen LogP contribution is -2.19. The average Bonchev–Trinajstić information content (AvgIpc) is 2.98. The zero-order chi connectivity index (χ0) is 12.1. The average molecular weight is 266 g/mol. The first-order valence-electron chi connectivity index (χ1n) is 5.99. The summed E-state index contributed by atoms with van der Waals surface area (Å²) < 4.78 is 0. The third kappa shape index (κ3) is 3.63. The fraction of sp³-hybridized carbons (Fsp3) is 0.462. The molecule has 0 amide bonds. The Bertz CT molecular complexity index is 434. The van der Waals surface area contributed by atoms with E-state index in [9.17, 15) is 0 Å². The molecule has 0 radical (unpaired) electrons. The van der Waals surface area contributed by atoms with Gasteiger partial charge in [-0.05, 0) is 31.3 Å². The van der Waals surface area contributed by atoms with Crippen molar-refractivity contribution in [3.63, 3.8) is 0 Å². The molecule has 1 unspecified atom stereocenters. The van der Waals surface area contributed by atoms with Gasteiger partial charge in [0.25, 0.3) is 0 Å². The molecule has 2 heterocycles. The lowest BCUT2D eigenvalue weighted by molar-refractivity contribution is 0.560. The van der Waals surface area contributed by atoms with E-state index in [1.165, 1.54) is 15.6 Å². The summed E-state index contributed by atoms with van der Waals surface area (Å²) in [6.07, 6.45) is 2.14. The quantitative estimate of drug-likeness (QED) is 0.859.